The van der Waals surface area contributed by atoms with E-state index in [1.165, 1.54) is 19.2 Å². The number of methoxy groups -OCH3 is 1. The van der Waals surface area contributed by atoms with Gasteiger partial charge in [0.05, 0.1) is 35.7 Å². The van der Waals surface area contributed by atoms with Gasteiger partial charge in [-0.05, 0) is 25.5 Å². The summed E-state index contributed by atoms with van der Waals surface area (Å²) in [5, 5.41) is 3.79. The molecule has 1 aliphatic heterocycles. The average Bonchev–Trinajstić information content (AvgIpc) is 3.11. The van der Waals surface area contributed by atoms with Crippen LogP contribution in [0, 0.1) is 5.82 Å². The summed E-state index contributed by atoms with van der Waals surface area (Å²) in [5.74, 6) is -0.174. The zero-order valence-corrected chi connectivity index (χ0v) is 18.8. The third-order valence-electron chi connectivity index (χ3n) is 5.64. The monoisotopic (exact) mass is 480 g/mol. The molecule has 1 N–H and O–H groups in total. The van der Waals surface area contributed by atoms with E-state index in [0.717, 1.165) is 6.07 Å². The maximum Gasteiger partial charge on any atom is 0.266 e. The SMILES string of the molecule is COc1cc2nccc(N[C@H](C)c3cccc(C(F)F)c3F)c2cc1O[C@H]1CCS(=O)(=O)C1. The number of hydrogen-bond donors (Lipinski definition) is 1. The van der Waals surface area contributed by atoms with Crippen LogP contribution in [-0.2, 0) is 9.84 Å². The Morgan fingerprint density at radius 1 is 1.15 bits per heavy atom. The molecule has 33 heavy (non-hydrogen) atoms. The standard InChI is InChI=1S/C23H23F3N2O4S/c1-13(15-4-3-5-16(22(15)24)23(25)26)28-18-6-8-27-19-11-20(31-2)21(10-17(18)19)32-14-7-9-33(29,30)12-14/h3-6,8,10-11,13-14,23H,7,9,12H2,1-2H3,(H,27,28)/t13-,14+/m1/s1. The largest absolute Gasteiger partial charge is 0.493 e. The number of aromatic nitrogens is 1. The van der Waals surface area contributed by atoms with Crippen molar-refractivity contribution in [2.24, 2.45) is 0 Å². The lowest BCUT2D eigenvalue weighted by molar-refractivity contribution is 0.146. The van der Waals surface area contributed by atoms with E-state index in [-0.39, 0.29) is 17.1 Å². The van der Waals surface area contributed by atoms with Gasteiger partial charge in [-0.25, -0.2) is 21.6 Å². The topological polar surface area (TPSA) is 77.5 Å². The summed E-state index contributed by atoms with van der Waals surface area (Å²) in [7, 11) is -1.65. The Hall–Kier alpha value is -3.01. The van der Waals surface area contributed by atoms with Crippen molar-refractivity contribution in [3.05, 3.63) is 59.5 Å². The molecule has 0 bridgehead atoms. The van der Waals surface area contributed by atoms with E-state index in [4.69, 9.17) is 9.47 Å². The number of pyridine rings is 1. The molecule has 0 spiro atoms. The van der Waals surface area contributed by atoms with Gasteiger partial charge in [0.25, 0.3) is 6.43 Å². The summed E-state index contributed by atoms with van der Waals surface area (Å²) in [6, 6.07) is 8.34. The summed E-state index contributed by atoms with van der Waals surface area (Å²) in [5.41, 5.74) is 0.615. The number of sulfone groups is 1. The quantitative estimate of drug-likeness (QED) is 0.510. The van der Waals surface area contributed by atoms with Gasteiger partial charge in [0.2, 0.25) is 0 Å². The van der Waals surface area contributed by atoms with Crippen molar-refractivity contribution in [3.63, 3.8) is 0 Å². The molecule has 3 aromatic rings. The van der Waals surface area contributed by atoms with E-state index >= 15 is 0 Å². The molecule has 10 heteroatoms. The average molecular weight is 481 g/mol. The summed E-state index contributed by atoms with van der Waals surface area (Å²) < 4.78 is 75.8. The predicted molar refractivity (Wildman–Crippen MR) is 119 cm³/mol. The lowest BCUT2D eigenvalue weighted by Crippen LogP contribution is -2.18. The zero-order valence-electron chi connectivity index (χ0n) is 18.0. The minimum atomic E-state index is -3.13. The van der Waals surface area contributed by atoms with Gasteiger partial charge in [-0.3, -0.25) is 4.98 Å². The summed E-state index contributed by atoms with van der Waals surface area (Å²) >= 11 is 0. The molecule has 0 radical (unpaired) electrons. The van der Waals surface area contributed by atoms with Crippen LogP contribution in [0.2, 0.25) is 0 Å². The lowest BCUT2D eigenvalue weighted by Gasteiger charge is -2.20. The van der Waals surface area contributed by atoms with Gasteiger partial charge in [-0.1, -0.05) is 18.2 Å². The van der Waals surface area contributed by atoms with Crippen molar-refractivity contribution in [2.75, 3.05) is 23.9 Å². The number of alkyl halides is 2. The summed E-state index contributed by atoms with van der Waals surface area (Å²) in [6.45, 7) is 1.67. The van der Waals surface area contributed by atoms with Crippen LogP contribution >= 0.6 is 0 Å². The molecule has 4 rings (SSSR count). The van der Waals surface area contributed by atoms with Gasteiger partial charge in [-0.2, -0.15) is 0 Å². The minimum absolute atomic E-state index is 0.0663. The first-order valence-electron chi connectivity index (χ1n) is 10.4. The van der Waals surface area contributed by atoms with Crippen molar-refractivity contribution >= 4 is 26.4 Å². The second kappa shape index (κ2) is 9.09. The van der Waals surface area contributed by atoms with Gasteiger partial charge in [0.15, 0.2) is 21.3 Å². The molecule has 0 unspecified atom stereocenters. The summed E-state index contributed by atoms with van der Waals surface area (Å²) in [6.07, 6.45) is -1.45. The second-order valence-electron chi connectivity index (χ2n) is 7.94. The van der Waals surface area contributed by atoms with Crippen LogP contribution in [0.5, 0.6) is 11.5 Å². The highest BCUT2D eigenvalue weighted by molar-refractivity contribution is 7.91. The molecule has 176 valence electrons. The number of hydrogen-bond acceptors (Lipinski definition) is 6. The van der Waals surface area contributed by atoms with E-state index in [2.05, 4.69) is 10.3 Å². The molecule has 0 saturated carbocycles. The third kappa shape index (κ3) is 4.85. The maximum atomic E-state index is 14.6. The van der Waals surface area contributed by atoms with Gasteiger partial charge in [-0.15, -0.1) is 0 Å². The second-order valence-corrected chi connectivity index (χ2v) is 10.2. The van der Waals surface area contributed by atoms with E-state index in [1.54, 1.807) is 31.3 Å². The van der Waals surface area contributed by atoms with Gasteiger partial charge < -0.3 is 14.8 Å². The van der Waals surface area contributed by atoms with Crippen molar-refractivity contribution in [1.82, 2.24) is 4.98 Å². The predicted octanol–water partition coefficient (Wildman–Crippen LogP) is 5.06. The molecule has 1 aliphatic rings. The van der Waals surface area contributed by atoms with Gasteiger partial charge >= 0.3 is 0 Å². The van der Waals surface area contributed by atoms with E-state index in [9.17, 15) is 21.6 Å². The van der Waals surface area contributed by atoms with Crippen LogP contribution in [0.1, 0.15) is 36.9 Å². The van der Waals surface area contributed by atoms with Crippen LogP contribution in [-0.4, -0.2) is 38.1 Å². The fourth-order valence-corrected chi connectivity index (χ4v) is 5.54. The van der Waals surface area contributed by atoms with E-state index in [1.807, 2.05) is 0 Å². The van der Waals surface area contributed by atoms with Gasteiger partial charge in [0.1, 0.15) is 11.9 Å². The Balaban J connectivity index is 1.68. The van der Waals surface area contributed by atoms with Crippen molar-refractivity contribution in [2.45, 2.75) is 31.9 Å². The normalized spacial score (nSPS) is 18.4. The number of rotatable bonds is 7. The molecule has 0 amide bonds. The highest BCUT2D eigenvalue weighted by atomic mass is 32.2. The first-order chi connectivity index (χ1) is 15.7. The molecule has 6 nitrogen and oxygen atoms in total. The highest BCUT2D eigenvalue weighted by Gasteiger charge is 2.30. The summed E-state index contributed by atoms with van der Waals surface area (Å²) in [4.78, 5) is 4.34. The zero-order chi connectivity index (χ0) is 23.8. The number of fused-ring (bicyclic) bond motifs is 1. The molecule has 1 fully saturated rings. The van der Waals surface area contributed by atoms with Crippen molar-refractivity contribution in [3.8, 4) is 11.5 Å². The Labute approximate surface area is 189 Å². The number of nitrogens with zero attached hydrogens (tertiary/aromatic N) is 1. The fourth-order valence-electron chi connectivity index (χ4n) is 3.95. The van der Waals surface area contributed by atoms with E-state index in [0.29, 0.717) is 34.5 Å². The number of benzene rings is 2. The third-order valence-corrected chi connectivity index (χ3v) is 7.38. The molecule has 1 saturated heterocycles. The van der Waals surface area contributed by atoms with Crippen LogP contribution in [0.4, 0.5) is 18.9 Å². The minimum Gasteiger partial charge on any atom is -0.493 e. The van der Waals surface area contributed by atoms with Crippen molar-refractivity contribution < 1.29 is 31.1 Å². The molecule has 0 aliphatic carbocycles. The maximum absolute atomic E-state index is 14.6. The molecular weight excluding hydrogens is 457 g/mol. The Morgan fingerprint density at radius 3 is 2.58 bits per heavy atom. The van der Waals surface area contributed by atoms with Crippen LogP contribution in [0.3, 0.4) is 0 Å². The first-order valence-corrected chi connectivity index (χ1v) is 12.2. The first kappa shape index (κ1) is 23.2. The fraction of sp³-hybridized carbons (Fsp3) is 0.348. The molecule has 1 aromatic heterocycles. The van der Waals surface area contributed by atoms with Crippen LogP contribution in [0.15, 0.2) is 42.6 Å². The number of anilines is 1. The number of nitrogens with one attached hydrogen (secondary N) is 1. The molecule has 2 aromatic carbocycles. The molecular formula is C23H23F3N2O4S. The molecule has 2 atom stereocenters. The Kier molecular flexibility index (Phi) is 6.38. The van der Waals surface area contributed by atoms with Gasteiger partial charge in [0, 0.05) is 28.9 Å². The lowest BCUT2D eigenvalue weighted by atomic mass is 10.0. The smallest absolute Gasteiger partial charge is 0.266 e. The Bertz CT molecular complexity index is 1280. The van der Waals surface area contributed by atoms with Crippen LogP contribution < -0.4 is 14.8 Å². The van der Waals surface area contributed by atoms with Crippen LogP contribution in [0.25, 0.3) is 10.9 Å². The van der Waals surface area contributed by atoms with E-state index < -0.39 is 39.8 Å². The highest BCUT2D eigenvalue weighted by Crippen LogP contribution is 2.37. The van der Waals surface area contributed by atoms with Crippen molar-refractivity contribution in [1.29, 1.82) is 0 Å². The molecule has 2 heterocycles. The Morgan fingerprint density at radius 2 is 1.91 bits per heavy atom. The number of ether oxygens (including phenoxy) is 2. The number of halogens is 3.